The Morgan fingerprint density at radius 2 is 1.15 bits per heavy atom. The summed E-state index contributed by atoms with van der Waals surface area (Å²) in [6.07, 6.45) is 6.13. The van der Waals surface area contributed by atoms with Crippen molar-refractivity contribution in [3.8, 4) is 34.5 Å². The maximum Gasteiger partial charge on any atom is 0.303 e. The lowest BCUT2D eigenvalue weighted by atomic mass is 10.1. The molecule has 8 heteroatoms. The molecule has 0 saturated heterocycles. The van der Waals surface area contributed by atoms with Crippen LogP contribution >= 0.6 is 0 Å². The summed E-state index contributed by atoms with van der Waals surface area (Å²) in [7, 11) is 7.85. The topological polar surface area (TPSA) is 92.7 Å². The molecule has 0 aliphatic rings. The molecular weight excluding hydrogens is 428 g/mol. The van der Waals surface area contributed by atoms with Crippen molar-refractivity contribution in [3.05, 3.63) is 35.4 Å². The van der Waals surface area contributed by atoms with Gasteiger partial charge in [-0.15, -0.1) is 0 Å². The fourth-order valence-corrected chi connectivity index (χ4v) is 3.26. The van der Waals surface area contributed by atoms with Crippen LogP contribution in [-0.2, 0) is 4.79 Å². The molecule has 180 valence electrons. The largest absolute Gasteiger partial charge is 0.493 e. The van der Waals surface area contributed by atoms with Gasteiger partial charge in [-0.05, 0) is 54.7 Å². The van der Waals surface area contributed by atoms with Crippen LogP contribution in [0.1, 0.15) is 36.8 Å². The number of unbranched alkanes of at least 4 members (excludes halogenated alkanes) is 2. The summed E-state index contributed by atoms with van der Waals surface area (Å²) in [6, 6.07) is 7.43. The van der Waals surface area contributed by atoms with Crippen LogP contribution in [0.2, 0.25) is 0 Å². The predicted octanol–water partition coefficient (Wildman–Crippen LogP) is 4.92. The number of ether oxygens (including phenoxy) is 6. The van der Waals surface area contributed by atoms with Gasteiger partial charge in [0, 0.05) is 6.42 Å². The Morgan fingerprint density at radius 1 is 0.697 bits per heavy atom. The Labute approximate surface area is 194 Å². The number of benzene rings is 2. The minimum absolute atomic E-state index is 0.166. The van der Waals surface area contributed by atoms with Gasteiger partial charge >= 0.3 is 5.97 Å². The summed E-state index contributed by atoms with van der Waals surface area (Å²) in [5.74, 6) is 2.49. The second kappa shape index (κ2) is 13.1. The average molecular weight is 461 g/mol. The third kappa shape index (κ3) is 7.24. The highest BCUT2D eigenvalue weighted by atomic mass is 16.5. The molecule has 0 spiro atoms. The van der Waals surface area contributed by atoms with Crippen molar-refractivity contribution in [2.24, 2.45) is 0 Å². The maximum absolute atomic E-state index is 10.6. The predicted molar refractivity (Wildman–Crippen MR) is 126 cm³/mol. The van der Waals surface area contributed by atoms with E-state index >= 15 is 0 Å². The fraction of sp³-hybridized carbons (Fsp3) is 0.400. The van der Waals surface area contributed by atoms with Gasteiger partial charge in [0.25, 0.3) is 0 Å². The van der Waals surface area contributed by atoms with Gasteiger partial charge in [0.1, 0.15) is 0 Å². The highest BCUT2D eigenvalue weighted by Gasteiger charge is 2.15. The van der Waals surface area contributed by atoms with Gasteiger partial charge in [-0.1, -0.05) is 12.2 Å². The number of aliphatic carboxylic acids is 1. The van der Waals surface area contributed by atoms with E-state index in [1.807, 2.05) is 36.4 Å². The lowest BCUT2D eigenvalue weighted by Crippen LogP contribution is -2.02. The Hall–Kier alpha value is -3.55. The van der Waals surface area contributed by atoms with Gasteiger partial charge < -0.3 is 33.5 Å². The molecule has 0 heterocycles. The van der Waals surface area contributed by atoms with Crippen LogP contribution in [0.4, 0.5) is 0 Å². The van der Waals surface area contributed by atoms with Crippen LogP contribution in [0.3, 0.4) is 0 Å². The smallest absolute Gasteiger partial charge is 0.303 e. The van der Waals surface area contributed by atoms with E-state index in [4.69, 9.17) is 33.5 Å². The van der Waals surface area contributed by atoms with E-state index in [9.17, 15) is 4.79 Å². The first-order valence-electron chi connectivity index (χ1n) is 10.6. The molecule has 8 nitrogen and oxygen atoms in total. The molecular formula is C25H32O8. The molecule has 1 N–H and O–H groups in total. The quantitative estimate of drug-likeness (QED) is 0.314. The monoisotopic (exact) mass is 460 g/mol. The lowest BCUT2D eigenvalue weighted by Gasteiger charge is -2.15. The van der Waals surface area contributed by atoms with Crippen LogP contribution < -0.4 is 28.4 Å². The highest BCUT2D eigenvalue weighted by Crippen LogP contribution is 2.40. The number of carboxylic acid groups (broad SMARTS) is 1. The van der Waals surface area contributed by atoms with Gasteiger partial charge in [-0.2, -0.15) is 0 Å². The lowest BCUT2D eigenvalue weighted by molar-refractivity contribution is -0.137. The molecule has 0 saturated carbocycles. The number of methoxy groups -OCH3 is 5. The van der Waals surface area contributed by atoms with E-state index < -0.39 is 5.97 Å². The summed E-state index contributed by atoms with van der Waals surface area (Å²) in [5.41, 5.74) is 1.72. The number of hydrogen-bond donors (Lipinski definition) is 1. The molecule has 0 atom stereocenters. The standard InChI is InChI=1S/C25H32O8/c1-28-19-13-17(14-20(29-2)24(19)32-5)10-11-18-15-21(30-3)25(22(16-18)31-4)33-12-8-6-7-9-23(26)27/h10-11,13-16H,6-9,12H2,1-5H3,(H,26,27)/b11-10+. The van der Waals surface area contributed by atoms with Crippen molar-refractivity contribution in [1.29, 1.82) is 0 Å². The van der Waals surface area contributed by atoms with E-state index in [1.54, 1.807) is 35.5 Å². The zero-order valence-corrected chi connectivity index (χ0v) is 19.8. The molecule has 0 radical (unpaired) electrons. The third-order valence-corrected chi connectivity index (χ3v) is 4.92. The van der Waals surface area contributed by atoms with Crippen LogP contribution in [0.15, 0.2) is 24.3 Å². The Bertz CT molecular complexity index is 901. The Kier molecular flexibility index (Phi) is 10.2. The van der Waals surface area contributed by atoms with Crippen molar-refractivity contribution in [2.45, 2.75) is 25.7 Å². The van der Waals surface area contributed by atoms with E-state index in [0.717, 1.165) is 24.0 Å². The zero-order chi connectivity index (χ0) is 24.2. The van der Waals surface area contributed by atoms with E-state index in [-0.39, 0.29) is 6.42 Å². The van der Waals surface area contributed by atoms with Crippen LogP contribution in [0.25, 0.3) is 12.2 Å². The molecule has 0 bridgehead atoms. The average Bonchev–Trinajstić information content (AvgIpc) is 2.83. The van der Waals surface area contributed by atoms with Crippen molar-refractivity contribution >= 4 is 18.1 Å². The second-order valence-electron chi connectivity index (χ2n) is 7.10. The first-order chi connectivity index (χ1) is 16.0. The van der Waals surface area contributed by atoms with Crippen molar-refractivity contribution < 1.29 is 38.3 Å². The van der Waals surface area contributed by atoms with E-state index in [1.165, 1.54) is 0 Å². The molecule has 0 fully saturated rings. The fourth-order valence-electron chi connectivity index (χ4n) is 3.26. The van der Waals surface area contributed by atoms with Crippen molar-refractivity contribution in [3.63, 3.8) is 0 Å². The normalized spacial score (nSPS) is 10.7. The van der Waals surface area contributed by atoms with Gasteiger partial charge in [0.15, 0.2) is 23.0 Å². The molecule has 0 unspecified atom stereocenters. The molecule has 0 aliphatic carbocycles. The molecule has 2 aromatic carbocycles. The number of carbonyl (C=O) groups is 1. The van der Waals surface area contributed by atoms with Gasteiger partial charge in [0.05, 0.1) is 42.2 Å². The summed E-state index contributed by atoms with van der Waals surface area (Å²) >= 11 is 0. The zero-order valence-electron chi connectivity index (χ0n) is 19.8. The first kappa shape index (κ1) is 25.7. The number of rotatable bonds is 14. The van der Waals surface area contributed by atoms with Crippen LogP contribution in [0.5, 0.6) is 34.5 Å². The SMILES string of the molecule is COc1cc(/C=C/c2cc(OC)c(OCCCCCC(=O)O)c(OC)c2)cc(OC)c1OC. The number of hydrogen-bond acceptors (Lipinski definition) is 7. The summed E-state index contributed by atoms with van der Waals surface area (Å²) in [4.78, 5) is 10.6. The summed E-state index contributed by atoms with van der Waals surface area (Å²) in [5, 5.41) is 8.72. The molecule has 2 rings (SSSR count). The highest BCUT2D eigenvalue weighted by molar-refractivity contribution is 5.75. The van der Waals surface area contributed by atoms with E-state index in [0.29, 0.717) is 47.5 Å². The Balaban J connectivity index is 2.20. The van der Waals surface area contributed by atoms with Gasteiger partial charge in [0.2, 0.25) is 11.5 Å². The van der Waals surface area contributed by atoms with Gasteiger partial charge in [-0.25, -0.2) is 0 Å². The maximum atomic E-state index is 10.6. The van der Waals surface area contributed by atoms with Crippen LogP contribution in [-0.4, -0.2) is 53.2 Å². The third-order valence-electron chi connectivity index (χ3n) is 4.92. The summed E-state index contributed by atoms with van der Waals surface area (Å²) < 4.78 is 33.1. The van der Waals surface area contributed by atoms with E-state index in [2.05, 4.69) is 0 Å². The molecule has 0 amide bonds. The first-order valence-corrected chi connectivity index (χ1v) is 10.6. The summed E-state index contributed by atoms with van der Waals surface area (Å²) in [6.45, 7) is 0.437. The van der Waals surface area contributed by atoms with Crippen molar-refractivity contribution in [2.75, 3.05) is 42.2 Å². The Morgan fingerprint density at radius 3 is 1.55 bits per heavy atom. The van der Waals surface area contributed by atoms with Gasteiger partial charge in [-0.3, -0.25) is 4.79 Å². The molecule has 2 aromatic rings. The molecule has 33 heavy (non-hydrogen) atoms. The molecule has 0 aliphatic heterocycles. The number of carboxylic acids is 1. The minimum Gasteiger partial charge on any atom is -0.493 e. The molecule has 0 aromatic heterocycles. The van der Waals surface area contributed by atoms with Crippen molar-refractivity contribution in [1.82, 2.24) is 0 Å². The minimum atomic E-state index is -0.783. The van der Waals surface area contributed by atoms with Crippen LogP contribution in [0, 0.1) is 0 Å². The second-order valence-corrected chi connectivity index (χ2v) is 7.10.